The Morgan fingerprint density at radius 1 is 1.00 bits per heavy atom. The van der Waals surface area contributed by atoms with Crippen molar-refractivity contribution in [3.05, 3.63) is 105 Å². The Kier molecular flexibility index (Phi) is 8.88. The number of benzene rings is 2. The summed E-state index contributed by atoms with van der Waals surface area (Å²) in [6.07, 6.45) is 1.35. The van der Waals surface area contributed by atoms with E-state index in [0.29, 0.717) is 37.7 Å². The van der Waals surface area contributed by atoms with E-state index in [0.717, 1.165) is 28.3 Å². The van der Waals surface area contributed by atoms with Crippen molar-refractivity contribution in [2.45, 2.75) is 39.4 Å². The second-order valence-electron chi connectivity index (χ2n) is 8.05. The van der Waals surface area contributed by atoms with E-state index in [1.165, 1.54) is 12.0 Å². The third-order valence-electron chi connectivity index (χ3n) is 5.45. The number of aromatic nitrogens is 1. The molecule has 0 bridgehead atoms. The Hall–Kier alpha value is -3.91. The lowest BCUT2D eigenvalue weighted by molar-refractivity contribution is -0.140. The van der Waals surface area contributed by atoms with Crippen molar-refractivity contribution in [1.29, 1.82) is 0 Å². The molecule has 2 heterocycles. The standard InChI is InChI=1S/C28H28N2O5S/c1-20-26(29-27(35-20)17-24-9-6-16-36-24)19-33-23-12-10-21(11-13-23)18-34-30-25(14-15-28(31)32-2)22-7-4-3-5-8-22/h3-13,16H,14-15,17-19H2,1-2H3/b30-25+. The number of carbonyl (C=O) groups excluding carboxylic acids is 1. The van der Waals surface area contributed by atoms with Gasteiger partial charge in [-0.2, -0.15) is 0 Å². The molecule has 7 nitrogen and oxygen atoms in total. The fourth-order valence-electron chi connectivity index (χ4n) is 3.47. The summed E-state index contributed by atoms with van der Waals surface area (Å²) in [6.45, 7) is 2.53. The smallest absolute Gasteiger partial charge is 0.305 e. The lowest BCUT2D eigenvalue weighted by Crippen LogP contribution is -2.08. The van der Waals surface area contributed by atoms with Gasteiger partial charge in [-0.3, -0.25) is 4.79 Å². The largest absolute Gasteiger partial charge is 0.487 e. The molecule has 186 valence electrons. The van der Waals surface area contributed by atoms with Crippen LogP contribution in [0.2, 0.25) is 0 Å². The number of aryl methyl sites for hydroxylation is 1. The number of rotatable bonds is 12. The van der Waals surface area contributed by atoms with E-state index in [9.17, 15) is 4.79 Å². The van der Waals surface area contributed by atoms with Gasteiger partial charge in [0.05, 0.1) is 25.7 Å². The summed E-state index contributed by atoms with van der Waals surface area (Å²) in [5, 5.41) is 6.34. The molecule has 4 rings (SSSR count). The number of carbonyl (C=O) groups is 1. The highest BCUT2D eigenvalue weighted by atomic mass is 32.1. The number of thiophene rings is 1. The predicted molar refractivity (Wildman–Crippen MR) is 138 cm³/mol. The van der Waals surface area contributed by atoms with Crippen molar-refractivity contribution in [3.63, 3.8) is 0 Å². The highest BCUT2D eigenvalue weighted by molar-refractivity contribution is 7.09. The van der Waals surface area contributed by atoms with Crippen molar-refractivity contribution in [2.75, 3.05) is 7.11 Å². The summed E-state index contributed by atoms with van der Waals surface area (Å²) in [5.41, 5.74) is 3.35. The van der Waals surface area contributed by atoms with E-state index in [4.69, 9.17) is 18.7 Å². The summed E-state index contributed by atoms with van der Waals surface area (Å²) in [6, 6.07) is 21.4. The molecule has 0 aliphatic heterocycles. The van der Waals surface area contributed by atoms with Gasteiger partial charge in [-0.1, -0.05) is 53.7 Å². The first kappa shape index (κ1) is 25.2. The van der Waals surface area contributed by atoms with Gasteiger partial charge in [0, 0.05) is 11.3 Å². The second kappa shape index (κ2) is 12.7. The normalized spacial score (nSPS) is 11.3. The maximum absolute atomic E-state index is 11.6. The summed E-state index contributed by atoms with van der Waals surface area (Å²) in [5.74, 6) is 1.91. The zero-order valence-corrected chi connectivity index (χ0v) is 21.1. The molecule has 2 aromatic heterocycles. The van der Waals surface area contributed by atoms with Crippen molar-refractivity contribution in [1.82, 2.24) is 4.98 Å². The van der Waals surface area contributed by atoms with Crippen LogP contribution in [0.4, 0.5) is 0 Å². The fourth-order valence-corrected chi connectivity index (χ4v) is 4.17. The van der Waals surface area contributed by atoms with Gasteiger partial charge < -0.3 is 18.7 Å². The third-order valence-corrected chi connectivity index (χ3v) is 6.32. The number of hydrogen-bond acceptors (Lipinski definition) is 8. The first-order valence-corrected chi connectivity index (χ1v) is 12.5. The average molecular weight is 505 g/mol. The highest BCUT2D eigenvalue weighted by Crippen LogP contribution is 2.20. The van der Waals surface area contributed by atoms with Crippen LogP contribution in [-0.4, -0.2) is 23.8 Å². The minimum atomic E-state index is -0.284. The molecule has 0 saturated heterocycles. The van der Waals surface area contributed by atoms with Crippen LogP contribution >= 0.6 is 11.3 Å². The van der Waals surface area contributed by atoms with Gasteiger partial charge in [0.1, 0.15) is 30.4 Å². The molecule has 0 saturated carbocycles. The van der Waals surface area contributed by atoms with Crippen LogP contribution in [0.3, 0.4) is 0 Å². The molecule has 2 aromatic carbocycles. The molecule has 0 atom stereocenters. The zero-order valence-electron chi connectivity index (χ0n) is 20.3. The van der Waals surface area contributed by atoms with E-state index in [-0.39, 0.29) is 12.4 Å². The van der Waals surface area contributed by atoms with Crippen LogP contribution in [-0.2, 0) is 34.0 Å². The molecule has 0 radical (unpaired) electrons. The molecule has 36 heavy (non-hydrogen) atoms. The van der Waals surface area contributed by atoms with Crippen molar-refractivity contribution in [3.8, 4) is 5.75 Å². The minimum Gasteiger partial charge on any atom is -0.487 e. The van der Waals surface area contributed by atoms with Gasteiger partial charge in [0.15, 0.2) is 5.89 Å². The minimum absolute atomic E-state index is 0.236. The topological polar surface area (TPSA) is 83.2 Å². The summed E-state index contributed by atoms with van der Waals surface area (Å²) < 4.78 is 16.4. The monoisotopic (exact) mass is 504 g/mol. The Balaban J connectivity index is 1.30. The molecular formula is C28H28N2O5S. The van der Waals surface area contributed by atoms with Crippen LogP contribution in [0.1, 0.15) is 46.2 Å². The number of nitrogens with zero attached hydrogens (tertiary/aromatic N) is 2. The first-order valence-electron chi connectivity index (χ1n) is 11.6. The van der Waals surface area contributed by atoms with Gasteiger partial charge in [-0.05, 0) is 41.6 Å². The molecule has 0 fully saturated rings. The van der Waals surface area contributed by atoms with Crippen molar-refractivity contribution in [2.24, 2.45) is 5.16 Å². The Bertz CT molecular complexity index is 1270. The van der Waals surface area contributed by atoms with Crippen LogP contribution in [0.25, 0.3) is 0 Å². The SMILES string of the molecule is COC(=O)CC/C(=N\OCc1ccc(OCc2nc(Cc3cccs3)oc2C)cc1)c1ccccc1. The maximum Gasteiger partial charge on any atom is 0.305 e. The number of esters is 1. The number of methoxy groups -OCH3 is 1. The third kappa shape index (κ3) is 7.29. The Morgan fingerprint density at radius 2 is 1.81 bits per heavy atom. The quantitative estimate of drug-likeness (QED) is 0.132. The van der Waals surface area contributed by atoms with E-state index >= 15 is 0 Å². The zero-order chi connectivity index (χ0) is 25.2. The summed E-state index contributed by atoms with van der Waals surface area (Å²) in [7, 11) is 1.38. The van der Waals surface area contributed by atoms with Crippen LogP contribution in [0.5, 0.6) is 5.75 Å². The predicted octanol–water partition coefficient (Wildman–Crippen LogP) is 6.09. The number of hydrogen-bond donors (Lipinski definition) is 0. The molecule has 8 heteroatoms. The van der Waals surface area contributed by atoms with Gasteiger partial charge in [-0.25, -0.2) is 4.98 Å². The molecule has 0 unspecified atom stereocenters. The molecule has 4 aromatic rings. The Labute approximate surface area is 214 Å². The molecule has 0 aliphatic rings. The number of oxime groups is 1. The van der Waals surface area contributed by atoms with Gasteiger partial charge in [0.2, 0.25) is 0 Å². The Morgan fingerprint density at radius 3 is 2.53 bits per heavy atom. The highest BCUT2D eigenvalue weighted by Gasteiger charge is 2.12. The lowest BCUT2D eigenvalue weighted by atomic mass is 10.1. The summed E-state index contributed by atoms with van der Waals surface area (Å²) in [4.78, 5) is 23.0. The molecular weight excluding hydrogens is 476 g/mol. The first-order chi connectivity index (χ1) is 17.6. The molecule has 0 spiro atoms. The maximum atomic E-state index is 11.6. The van der Waals surface area contributed by atoms with E-state index in [2.05, 4.69) is 16.2 Å². The van der Waals surface area contributed by atoms with Crippen LogP contribution in [0.15, 0.2) is 81.7 Å². The van der Waals surface area contributed by atoms with E-state index < -0.39 is 0 Å². The average Bonchev–Trinajstić information content (AvgIpc) is 3.55. The van der Waals surface area contributed by atoms with Crippen molar-refractivity contribution >= 4 is 23.0 Å². The lowest BCUT2D eigenvalue weighted by Gasteiger charge is -2.08. The van der Waals surface area contributed by atoms with Crippen molar-refractivity contribution < 1.29 is 23.5 Å². The molecule has 0 N–H and O–H groups in total. The molecule has 0 aliphatic carbocycles. The fraction of sp³-hybridized carbons (Fsp3) is 0.250. The number of oxazole rings is 1. The van der Waals surface area contributed by atoms with E-state index in [1.54, 1.807) is 11.3 Å². The van der Waals surface area contributed by atoms with Crippen LogP contribution < -0.4 is 4.74 Å². The second-order valence-corrected chi connectivity index (χ2v) is 9.09. The van der Waals surface area contributed by atoms with E-state index in [1.807, 2.05) is 73.0 Å². The van der Waals surface area contributed by atoms with Crippen LogP contribution in [0, 0.1) is 6.92 Å². The van der Waals surface area contributed by atoms with Gasteiger partial charge in [-0.15, -0.1) is 11.3 Å². The summed E-state index contributed by atoms with van der Waals surface area (Å²) >= 11 is 1.69. The number of ether oxygens (including phenoxy) is 2. The van der Waals surface area contributed by atoms with Gasteiger partial charge in [0.25, 0.3) is 0 Å². The molecule has 0 amide bonds. The van der Waals surface area contributed by atoms with Gasteiger partial charge >= 0.3 is 5.97 Å².